The summed E-state index contributed by atoms with van der Waals surface area (Å²) >= 11 is 0. The van der Waals surface area contributed by atoms with Crippen molar-refractivity contribution in [2.45, 2.75) is 51.1 Å². The van der Waals surface area contributed by atoms with E-state index in [1.54, 1.807) is 12.5 Å². The van der Waals surface area contributed by atoms with Crippen LogP contribution in [0.4, 0.5) is 0 Å². The number of hydrogen-bond donors (Lipinski definition) is 1. The Hall–Kier alpha value is -1.78. The Kier molecular flexibility index (Phi) is 3.99. The van der Waals surface area contributed by atoms with Crippen molar-refractivity contribution in [2.75, 3.05) is 0 Å². The molecule has 0 bridgehead atoms. The normalized spacial score (nSPS) is 25.5. The van der Waals surface area contributed by atoms with Gasteiger partial charge < -0.3 is 14.4 Å². The average molecular weight is 291 g/mol. The fourth-order valence-electron chi connectivity index (χ4n) is 3.31. The van der Waals surface area contributed by atoms with Gasteiger partial charge in [0, 0.05) is 18.2 Å². The summed E-state index contributed by atoms with van der Waals surface area (Å²) in [5, 5.41) is 9.04. The highest BCUT2D eigenvalue weighted by Crippen LogP contribution is 2.41. The van der Waals surface area contributed by atoms with Crippen molar-refractivity contribution in [3.63, 3.8) is 0 Å². The number of carbonyl (C=O) groups excluding carboxylic acids is 1. The summed E-state index contributed by atoms with van der Waals surface area (Å²) in [6, 6.07) is 2.11. The second kappa shape index (κ2) is 5.92. The van der Waals surface area contributed by atoms with Crippen LogP contribution >= 0.6 is 0 Å². The molecule has 1 aromatic heterocycles. The molecule has 0 aliphatic heterocycles. The molecule has 1 N–H and O–H groups in total. The smallest absolute Gasteiger partial charge is 0.307 e. The van der Waals surface area contributed by atoms with Gasteiger partial charge in [-0.3, -0.25) is 9.59 Å². The molecule has 0 radical (unpaired) electrons. The van der Waals surface area contributed by atoms with Crippen molar-refractivity contribution >= 4 is 11.9 Å². The van der Waals surface area contributed by atoms with E-state index in [9.17, 15) is 9.59 Å². The zero-order chi connectivity index (χ0) is 14.8. The minimum Gasteiger partial charge on any atom is -0.481 e. The van der Waals surface area contributed by atoms with Gasteiger partial charge in [-0.15, -0.1) is 0 Å². The van der Waals surface area contributed by atoms with Gasteiger partial charge in [0.1, 0.15) is 0 Å². The Labute approximate surface area is 123 Å². The monoisotopic (exact) mass is 291 g/mol. The molecule has 114 valence electrons. The lowest BCUT2D eigenvalue weighted by Gasteiger charge is -2.34. The molecule has 2 aliphatic rings. The lowest BCUT2D eigenvalue weighted by molar-refractivity contribution is -0.143. The van der Waals surface area contributed by atoms with E-state index in [-0.39, 0.29) is 17.9 Å². The molecule has 21 heavy (non-hydrogen) atoms. The van der Waals surface area contributed by atoms with Gasteiger partial charge in [-0.25, -0.2) is 0 Å². The van der Waals surface area contributed by atoms with Crippen LogP contribution in [0.3, 0.4) is 0 Å². The number of nitrogens with zero attached hydrogens (tertiary/aromatic N) is 1. The van der Waals surface area contributed by atoms with Gasteiger partial charge in [0.25, 0.3) is 0 Å². The van der Waals surface area contributed by atoms with Crippen LogP contribution in [0.25, 0.3) is 0 Å². The first kappa shape index (κ1) is 14.2. The van der Waals surface area contributed by atoms with Crippen LogP contribution in [0.1, 0.15) is 44.1 Å². The number of carbonyl (C=O) groups is 2. The molecule has 2 atom stereocenters. The molecule has 3 rings (SSSR count). The van der Waals surface area contributed by atoms with Crippen LogP contribution in [-0.2, 0) is 16.1 Å². The zero-order valence-electron chi connectivity index (χ0n) is 12.0. The molecule has 2 saturated carbocycles. The number of hydrogen-bond acceptors (Lipinski definition) is 3. The molecule has 0 aromatic carbocycles. The van der Waals surface area contributed by atoms with Crippen molar-refractivity contribution < 1.29 is 19.1 Å². The number of aliphatic carboxylic acids is 1. The van der Waals surface area contributed by atoms with Crippen molar-refractivity contribution in [3.8, 4) is 0 Å². The number of carboxylic acid groups (broad SMARTS) is 1. The van der Waals surface area contributed by atoms with E-state index in [1.807, 2.05) is 11.0 Å². The highest BCUT2D eigenvalue weighted by Gasteiger charge is 2.50. The predicted octanol–water partition coefficient (Wildman–Crippen LogP) is 2.66. The van der Waals surface area contributed by atoms with E-state index in [2.05, 4.69) is 0 Å². The summed E-state index contributed by atoms with van der Waals surface area (Å²) < 4.78 is 5.09. The third-order valence-corrected chi connectivity index (χ3v) is 4.66. The second-order valence-electron chi connectivity index (χ2n) is 6.18. The fraction of sp³-hybridized carbons (Fsp3) is 0.625. The van der Waals surface area contributed by atoms with Gasteiger partial charge in [0.2, 0.25) is 5.91 Å². The largest absolute Gasteiger partial charge is 0.481 e. The zero-order valence-corrected chi connectivity index (χ0v) is 12.0. The van der Waals surface area contributed by atoms with Crippen LogP contribution < -0.4 is 0 Å². The summed E-state index contributed by atoms with van der Waals surface area (Å²) in [5.41, 5.74) is 0.974. The topological polar surface area (TPSA) is 70.8 Å². The quantitative estimate of drug-likeness (QED) is 0.905. The molecule has 1 aromatic rings. The maximum absolute atomic E-state index is 12.7. The first-order valence-corrected chi connectivity index (χ1v) is 7.71. The lowest BCUT2D eigenvalue weighted by atomic mass is 9.93. The van der Waals surface area contributed by atoms with Gasteiger partial charge in [0.05, 0.1) is 24.4 Å². The third kappa shape index (κ3) is 3.12. The van der Waals surface area contributed by atoms with E-state index < -0.39 is 11.9 Å². The van der Waals surface area contributed by atoms with E-state index in [0.717, 1.165) is 31.2 Å². The number of carboxylic acids is 1. The standard InChI is InChI=1S/C16H21NO4/c18-15(13-8-14(13)16(19)20)17(9-11-6-7-21-10-11)12-4-2-1-3-5-12/h6-7,10,12-14H,1-5,8-9H2,(H,19,20). The molecular weight excluding hydrogens is 270 g/mol. The van der Waals surface area contributed by atoms with Gasteiger partial charge in [0.15, 0.2) is 0 Å². The Morgan fingerprint density at radius 3 is 2.57 bits per heavy atom. The second-order valence-corrected chi connectivity index (χ2v) is 6.18. The highest BCUT2D eigenvalue weighted by atomic mass is 16.4. The Balaban J connectivity index is 1.72. The number of furan rings is 1. The lowest BCUT2D eigenvalue weighted by Crippen LogP contribution is -2.42. The van der Waals surface area contributed by atoms with Crippen LogP contribution in [0, 0.1) is 11.8 Å². The van der Waals surface area contributed by atoms with Crippen LogP contribution in [0.2, 0.25) is 0 Å². The summed E-state index contributed by atoms with van der Waals surface area (Å²) in [7, 11) is 0. The highest BCUT2D eigenvalue weighted by molar-refractivity contribution is 5.89. The molecular formula is C16H21NO4. The van der Waals surface area contributed by atoms with Crippen LogP contribution in [0.5, 0.6) is 0 Å². The van der Waals surface area contributed by atoms with Gasteiger partial charge in [-0.2, -0.15) is 0 Å². The summed E-state index contributed by atoms with van der Waals surface area (Å²) in [6.45, 7) is 0.531. The molecule has 0 spiro atoms. The first-order chi connectivity index (χ1) is 10.2. The molecule has 1 amide bonds. The van der Waals surface area contributed by atoms with Crippen LogP contribution in [-0.4, -0.2) is 27.9 Å². The average Bonchev–Trinajstić information content (AvgIpc) is 3.15. The molecule has 1 heterocycles. The Morgan fingerprint density at radius 1 is 1.24 bits per heavy atom. The van der Waals surface area contributed by atoms with Crippen molar-refractivity contribution in [2.24, 2.45) is 11.8 Å². The van der Waals surface area contributed by atoms with E-state index in [1.165, 1.54) is 6.42 Å². The van der Waals surface area contributed by atoms with Crippen LogP contribution in [0.15, 0.2) is 23.0 Å². The minimum absolute atomic E-state index is 0.00972. The maximum atomic E-state index is 12.7. The Bertz CT molecular complexity index is 504. The van der Waals surface area contributed by atoms with E-state index in [4.69, 9.17) is 9.52 Å². The first-order valence-electron chi connectivity index (χ1n) is 7.71. The minimum atomic E-state index is -0.847. The van der Waals surface area contributed by atoms with Gasteiger partial charge >= 0.3 is 5.97 Å². The molecule has 2 aliphatic carbocycles. The molecule has 0 saturated heterocycles. The molecule has 2 unspecified atom stereocenters. The van der Waals surface area contributed by atoms with Crippen molar-refractivity contribution in [3.05, 3.63) is 24.2 Å². The summed E-state index contributed by atoms with van der Waals surface area (Å²) in [4.78, 5) is 25.6. The summed E-state index contributed by atoms with van der Waals surface area (Å²) in [5.74, 6) is -1.64. The van der Waals surface area contributed by atoms with Gasteiger partial charge in [-0.05, 0) is 25.3 Å². The van der Waals surface area contributed by atoms with E-state index >= 15 is 0 Å². The Morgan fingerprint density at radius 2 is 2.00 bits per heavy atom. The number of amides is 1. The van der Waals surface area contributed by atoms with Crippen molar-refractivity contribution in [1.82, 2.24) is 4.90 Å². The van der Waals surface area contributed by atoms with E-state index in [0.29, 0.717) is 13.0 Å². The molecule has 5 nitrogen and oxygen atoms in total. The number of rotatable bonds is 5. The fourth-order valence-corrected chi connectivity index (χ4v) is 3.31. The van der Waals surface area contributed by atoms with Gasteiger partial charge in [-0.1, -0.05) is 19.3 Å². The SMILES string of the molecule is O=C(O)C1CC1C(=O)N(Cc1ccoc1)C1CCCCC1. The third-order valence-electron chi connectivity index (χ3n) is 4.66. The summed E-state index contributed by atoms with van der Waals surface area (Å²) in [6.07, 6.45) is 9.32. The molecule has 5 heteroatoms. The predicted molar refractivity (Wildman–Crippen MR) is 75.4 cm³/mol. The van der Waals surface area contributed by atoms with Crippen molar-refractivity contribution in [1.29, 1.82) is 0 Å². The maximum Gasteiger partial charge on any atom is 0.307 e. The molecule has 2 fully saturated rings.